The minimum Gasteiger partial charge on any atom is -0.487 e. The molecule has 1 N–H and O–H groups in total. The fourth-order valence-corrected chi connectivity index (χ4v) is 3.14. The van der Waals surface area contributed by atoms with Gasteiger partial charge in [0.2, 0.25) is 0 Å². The summed E-state index contributed by atoms with van der Waals surface area (Å²) in [5.74, 6) is -0.0760. The summed E-state index contributed by atoms with van der Waals surface area (Å²) in [6, 6.07) is 10.1. The van der Waals surface area contributed by atoms with Crippen LogP contribution in [0, 0.1) is 5.82 Å². The van der Waals surface area contributed by atoms with Crippen molar-refractivity contribution in [2.45, 2.75) is 38.3 Å². The highest BCUT2D eigenvalue weighted by molar-refractivity contribution is 5.74. The molecule has 0 aliphatic carbocycles. The number of urea groups is 1. The van der Waals surface area contributed by atoms with Crippen LogP contribution in [0.4, 0.5) is 9.18 Å². The number of piperidine rings is 1. The largest absolute Gasteiger partial charge is 0.487 e. The van der Waals surface area contributed by atoms with Gasteiger partial charge in [0.1, 0.15) is 6.10 Å². The molecule has 1 aliphatic rings. The number of amides is 2. The molecule has 6 heteroatoms. The monoisotopic (exact) mass is 357 g/mol. The summed E-state index contributed by atoms with van der Waals surface area (Å²) >= 11 is 0. The summed E-state index contributed by atoms with van der Waals surface area (Å²) in [5, 5.41) is 3.07. The fourth-order valence-electron chi connectivity index (χ4n) is 3.14. The zero-order valence-corrected chi connectivity index (χ0v) is 14.9. The number of likely N-dealkylation sites (tertiary alicyclic amines) is 1. The Labute approximate surface area is 153 Å². The summed E-state index contributed by atoms with van der Waals surface area (Å²) in [6.07, 6.45) is 5.60. The number of carbonyl (C=O) groups excluding carboxylic acids is 1. The lowest BCUT2D eigenvalue weighted by Gasteiger charge is -2.33. The first-order valence-electron chi connectivity index (χ1n) is 9.04. The number of carbonyl (C=O) groups is 1. The lowest BCUT2D eigenvalue weighted by Crippen LogP contribution is -2.47. The number of nitrogens with one attached hydrogen (secondary N) is 1. The first-order valence-corrected chi connectivity index (χ1v) is 9.04. The minimum atomic E-state index is -0.352. The van der Waals surface area contributed by atoms with Crippen molar-refractivity contribution in [2.24, 2.45) is 0 Å². The highest BCUT2D eigenvalue weighted by Crippen LogP contribution is 2.22. The highest BCUT2D eigenvalue weighted by atomic mass is 19.1. The molecule has 1 saturated heterocycles. The predicted molar refractivity (Wildman–Crippen MR) is 97.4 cm³/mol. The van der Waals surface area contributed by atoms with Crippen molar-refractivity contribution in [3.8, 4) is 5.75 Å². The summed E-state index contributed by atoms with van der Waals surface area (Å²) < 4.78 is 19.4. The van der Waals surface area contributed by atoms with Gasteiger partial charge in [0.25, 0.3) is 0 Å². The number of hydrogen-bond donors (Lipinski definition) is 1. The van der Waals surface area contributed by atoms with E-state index in [2.05, 4.69) is 10.3 Å². The molecule has 138 valence electrons. The number of hydrogen-bond acceptors (Lipinski definition) is 3. The van der Waals surface area contributed by atoms with Crippen LogP contribution in [-0.2, 0) is 0 Å². The molecule has 3 rings (SSSR count). The third-order valence-electron chi connectivity index (χ3n) is 4.65. The van der Waals surface area contributed by atoms with Gasteiger partial charge in [-0.15, -0.1) is 0 Å². The predicted octanol–water partition coefficient (Wildman–Crippen LogP) is 3.92. The number of rotatable bonds is 5. The quantitative estimate of drug-likeness (QED) is 0.882. The average Bonchev–Trinajstić information content (AvgIpc) is 2.69. The summed E-state index contributed by atoms with van der Waals surface area (Å²) in [4.78, 5) is 18.5. The van der Waals surface area contributed by atoms with Crippen molar-refractivity contribution < 1.29 is 13.9 Å². The fraction of sp³-hybridized carbons (Fsp3) is 0.400. The molecular weight excluding hydrogens is 333 g/mol. The molecule has 1 aromatic heterocycles. The average molecular weight is 357 g/mol. The van der Waals surface area contributed by atoms with Gasteiger partial charge in [0, 0.05) is 38.3 Å². The van der Waals surface area contributed by atoms with E-state index >= 15 is 0 Å². The van der Waals surface area contributed by atoms with Crippen LogP contribution in [0.3, 0.4) is 0 Å². The lowest BCUT2D eigenvalue weighted by atomic mass is 10.1. The molecule has 0 saturated carbocycles. The maximum atomic E-state index is 13.7. The summed E-state index contributed by atoms with van der Waals surface area (Å²) in [5.41, 5.74) is 1.00. The van der Waals surface area contributed by atoms with E-state index in [0.29, 0.717) is 25.9 Å². The second-order valence-corrected chi connectivity index (χ2v) is 6.43. The van der Waals surface area contributed by atoms with Gasteiger partial charge in [0.15, 0.2) is 11.6 Å². The van der Waals surface area contributed by atoms with E-state index in [-0.39, 0.29) is 29.7 Å². The van der Waals surface area contributed by atoms with Gasteiger partial charge >= 0.3 is 6.03 Å². The Hall–Kier alpha value is -2.63. The van der Waals surface area contributed by atoms with Crippen molar-refractivity contribution >= 4 is 6.03 Å². The van der Waals surface area contributed by atoms with E-state index < -0.39 is 0 Å². The SMILES string of the molecule is CC[C@H](NC(=O)N1CCC(Oc2ccccc2F)CC1)c1cccnc1. The lowest BCUT2D eigenvalue weighted by molar-refractivity contribution is 0.106. The van der Waals surface area contributed by atoms with Crippen molar-refractivity contribution in [1.29, 1.82) is 0 Å². The molecule has 0 radical (unpaired) electrons. The standard InChI is InChI=1S/C20H24FN3O2/c1-2-18(15-6-5-11-22-14-15)23-20(25)24-12-9-16(10-13-24)26-19-8-4-3-7-17(19)21/h3-8,11,14,16,18H,2,9-10,12-13H2,1H3,(H,23,25)/t18-/m0/s1. The Kier molecular flexibility index (Phi) is 6.04. The van der Waals surface area contributed by atoms with Gasteiger partial charge in [-0.25, -0.2) is 9.18 Å². The first-order chi connectivity index (χ1) is 12.7. The van der Waals surface area contributed by atoms with E-state index in [1.807, 2.05) is 19.1 Å². The van der Waals surface area contributed by atoms with Crippen LogP contribution in [-0.4, -0.2) is 35.1 Å². The van der Waals surface area contributed by atoms with Crippen molar-refractivity contribution in [3.05, 3.63) is 60.2 Å². The Bertz CT molecular complexity index is 718. The van der Waals surface area contributed by atoms with Gasteiger partial charge in [-0.3, -0.25) is 4.98 Å². The molecule has 0 spiro atoms. The van der Waals surface area contributed by atoms with Crippen LogP contribution in [0.15, 0.2) is 48.8 Å². The van der Waals surface area contributed by atoms with E-state index in [9.17, 15) is 9.18 Å². The van der Waals surface area contributed by atoms with E-state index in [1.165, 1.54) is 6.07 Å². The third kappa shape index (κ3) is 4.50. The molecule has 26 heavy (non-hydrogen) atoms. The maximum Gasteiger partial charge on any atom is 0.317 e. The Morgan fingerprint density at radius 2 is 2.08 bits per heavy atom. The molecule has 5 nitrogen and oxygen atoms in total. The topological polar surface area (TPSA) is 54.5 Å². The van der Waals surface area contributed by atoms with Gasteiger partial charge in [0.05, 0.1) is 6.04 Å². The van der Waals surface area contributed by atoms with Crippen LogP contribution in [0.2, 0.25) is 0 Å². The van der Waals surface area contributed by atoms with Crippen molar-refractivity contribution in [2.75, 3.05) is 13.1 Å². The summed E-state index contributed by atoms with van der Waals surface area (Å²) in [7, 11) is 0. The molecule has 0 unspecified atom stereocenters. The van der Waals surface area contributed by atoms with Gasteiger partial charge < -0.3 is 15.0 Å². The van der Waals surface area contributed by atoms with E-state index in [4.69, 9.17) is 4.74 Å². The second kappa shape index (κ2) is 8.65. The zero-order chi connectivity index (χ0) is 18.4. The van der Waals surface area contributed by atoms with Crippen LogP contribution in [0.25, 0.3) is 0 Å². The third-order valence-corrected chi connectivity index (χ3v) is 4.65. The van der Waals surface area contributed by atoms with Gasteiger partial charge in [-0.1, -0.05) is 25.1 Å². The van der Waals surface area contributed by atoms with Crippen LogP contribution in [0.1, 0.15) is 37.8 Å². The molecule has 2 heterocycles. The number of benzene rings is 1. The smallest absolute Gasteiger partial charge is 0.317 e. The maximum absolute atomic E-state index is 13.7. The highest BCUT2D eigenvalue weighted by Gasteiger charge is 2.26. The molecule has 1 aliphatic heterocycles. The number of nitrogens with zero attached hydrogens (tertiary/aromatic N) is 2. The Morgan fingerprint density at radius 1 is 1.31 bits per heavy atom. The van der Waals surface area contributed by atoms with E-state index in [1.54, 1.807) is 35.5 Å². The molecule has 1 atom stereocenters. The Morgan fingerprint density at radius 3 is 2.73 bits per heavy atom. The normalized spacial score (nSPS) is 16.2. The molecule has 1 aromatic carbocycles. The van der Waals surface area contributed by atoms with Crippen molar-refractivity contribution in [3.63, 3.8) is 0 Å². The molecule has 1 fully saturated rings. The Balaban J connectivity index is 1.51. The number of para-hydroxylation sites is 1. The number of aromatic nitrogens is 1. The van der Waals surface area contributed by atoms with Crippen LogP contribution >= 0.6 is 0 Å². The molecule has 0 bridgehead atoms. The number of ether oxygens (including phenoxy) is 1. The zero-order valence-electron chi connectivity index (χ0n) is 14.9. The van der Waals surface area contributed by atoms with E-state index in [0.717, 1.165) is 12.0 Å². The molecular formula is C20H24FN3O2. The van der Waals surface area contributed by atoms with Gasteiger partial charge in [-0.2, -0.15) is 0 Å². The number of pyridine rings is 1. The number of halogens is 1. The first kappa shape index (κ1) is 18.2. The minimum absolute atomic E-state index is 0.0522. The molecule has 2 aromatic rings. The van der Waals surface area contributed by atoms with Gasteiger partial charge in [-0.05, 0) is 30.2 Å². The second-order valence-electron chi connectivity index (χ2n) is 6.43. The molecule has 2 amide bonds. The van der Waals surface area contributed by atoms with Crippen LogP contribution in [0.5, 0.6) is 5.75 Å². The van der Waals surface area contributed by atoms with Crippen molar-refractivity contribution in [1.82, 2.24) is 15.2 Å². The van der Waals surface area contributed by atoms with Crippen LogP contribution < -0.4 is 10.1 Å². The summed E-state index contributed by atoms with van der Waals surface area (Å²) in [6.45, 7) is 3.22.